The first-order chi connectivity index (χ1) is 12.7. The molecule has 142 valence electrons. The number of benzene rings is 2. The first-order valence-corrected chi connectivity index (χ1v) is 8.40. The second kappa shape index (κ2) is 8.70. The maximum atomic E-state index is 12.0. The Balaban J connectivity index is 1.93. The van der Waals surface area contributed by atoms with Gasteiger partial charge >= 0.3 is 5.97 Å². The summed E-state index contributed by atoms with van der Waals surface area (Å²) < 4.78 is 4.90. The van der Waals surface area contributed by atoms with Gasteiger partial charge in [-0.2, -0.15) is 0 Å². The largest absolute Gasteiger partial charge is 0.452 e. The normalized spacial score (nSPS) is 11.5. The molecular weight excluding hydrogens is 397 g/mol. The number of nitrogens with one attached hydrogen (secondary N) is 1. The van der Waals surface area contributed by atoms with Crippen LogP contribution in [0.1, 0.15) is 28.9 Å². The first kappa shape index (κ1) is 20.5. The SMILES string of the molecule is C[C@@H](NC(=O)COC(=O)c1ccc([N+](=O)[O-])cc1N)c1ccc(Cl)c(Cl)c1. The molecule has 0 fully saturated rings. The molecule has 0 bridgehead atoms. The van der Waals surface area contributed by atoms with Gasteiger partial charge in [-0.05, 0) is 30.7 Å². The van der Waals surface area contributed by atoms with Crippen molar-refractivity contribution in [2.75, 3.05) is 12.3 Å². The lowest BCUT2D eigenvalue weighted by Gasteiger charge is -2.15. The number of anilines is 1. The Bertz CT molecular complexity index is 904. The topological polar surface area (TPSA) is 125 Å². The minimum Gasteiger partial charge on any atom is -0.452 e. The van der Waals surface area contributed by atoms with E-state index in [4.69, 9.17) is 33.7 Å². The summed E-state index contributed by atoms with van der Waals surface area (Å²) in [5, 5.41) is 14.1. The van der Waals surface area contributed by atoms with Crippen molar-refractivity contribution in [2.45, 2.75) is 13.0 Å². The Labute approximate surface area is 164 Å². The van der Waals surface area contributed by atoms with Crippen LogP contribution in [0.25, 0.3) is 0 Å². The van der Waals surface area contributed by atoms with Gasteiger partial charge in [-0.1, -0.05) is 29.3 Å². The molecule has 0 unspecified atom stereocenters. The molecule has 2 aromatic rings. The molecule has 0 heterocycles. The molecule has 0 radical (unpaired) electrons. The van der Waals surface area contributed by atoms with Crippen LogP contribution in [0.15, 0.2) is 36.4 Å². The zero-order valence-corrected chi connectivity index (χ0v) is 15.6. The number of nitrogens with zero attached hydrogens (tertiary/aromatic N) is 1. The molecule has 0 spiro atoms. The van der Waals surface area contributed by atoms with Gasteiger partial charge in [0.2, 0.25) is 0 Å². The average Bonchev–Trinajstić information content (AvgIpc) is 2.61. The average molecular weight is 412 g/mol. The predicted octanol–water partition coefficient (Wildman–Crippen LogP) is 3.52. The summed E-state index contributed by atoms with van der Waals surface area (Å²) >= 11 is 11.8. The Morgan fingerprint density at radius 3 is 2.52 bits per heavy atom. The first-order valence-electron chi connectivity index (χ1n) is 7.64. The zero-order valence-electron chi connectivity index (χ0n) is 14.1. The summed E-state index contributed by atoms with van der Waals surface area (Å²) in [7, 11) is 0. The van der Waals surface area contributed by atoms with Gasteiger partial charge in [-0.25, -0.2) is 4.79 Å². The number of hydrogen-bond donors (Lipinski definition) is 2. The van der Waals surface area contributed by atoms with Gasteiger partial charge in [0.05, 0.1) is 32.3 Å². The van der Waals surface area contributed by atoms with E-state index in [1.165, 1.54) is 6.07 Å². The molecule has 0 aromatic heterocycles. The molecule has 2 aromatic carbocycles. The molecular formula is C17H15Cl2N3O5. The van der Waals surface area contributed by atoms with E-state index in [0.717, 1.165) is 17.7 Å². The van der Waals surface area contributed by atoms with E-state index in [2.05, 4.69) is 5.32 Å². The van der Waals surface area contributed by atoms with Crippen LogP contribution in [-0.2, 0) is 9.53 Å². The van der Waals surface area contributed by atoms with Crippen molar-refractivity contribution in [3.05, 3.63) is 67.7 Å². The lowest BCUT2D eigenvalue weighted by atomic mass is 10.1. The highest BCUT2D eigenvalue weighted by atomic mass is 35.5. The van der Waals surface area contributed by atoms with Gasteiger partial charge in [0.25, 0.3) is 11.6 Å². The minimum atomic E-state index is -0.861. The number of carbonyl (C=O) groups excluding carboxylic acids is 2. The zero-order chi connectivity index (χ0) is 20.1. The van der Waals surface area contributed by atoms with Gasteiger partial charge in [0.1, 0.15) is 0 Å². The number of nitro groups is 1. The number of carbonyl (C=O) groups is 2. The summed E-state index contributed by atoms with van der Waals surface area (Å²) in [6.07, 6.45) is 0. The maximum absolute atomic E-state index is 12.0. The second-order valence-corrected chi connectivity index (χ2v) is 6.38. The van der Waals surface area contributed by atoms with Crippen LogP contribution in [0.3, 0.4) is 0 Å². The number of hydrogen-bond acceptors (Lipinski definition) is 6. The summed E-state index contributed by atoms with van der Waals surface area (Å²) in [4.78, 5) is 34.0. The molecule has 27 heavy (non-hydrogen) atoms. The van der Waals surface area contributed by atoms with E-state index < -0.39 is 29.4 Å². The van der Waals surface area contributed by atoms with E-state index in [9.17, 15) is 19.7 Å². The van der Waals surface area contributed by atoms with Crippen molar-refractivity contribution < 1.29 is 19.2 Å². The number of nitrogens with two attached hydrogens (primary N) is 1. The fourth-order valence-corrected chi connectivity index (χ4v) is 2.51. The Kier molecular flexibility index (Phi) is 6.59. The van der Waals surface area contributed by atoms with E-state index in [1.807, 2.05) is 0 Å². The van der Waals surface area contributed by atoms with Crippen LogP contribution in [0.4, 0.5) is 11.4 Å². The number of non-ortho nitro benzene ring substituents is 1. The van der Waals surface area contributed by atoms with Crippen molar-refractivity contribution in [3.8, 4) is 0 Å². The molecule has 1 amide bonds. The molecule has 1 atom stereocenters. The number of nitrogen functional groups attached to an aromatic ring is 1. The third kappa shape index (κ3) is 5.32. The molecule has 0 aliphatic rings. The van der Waals surface area contributed by atoms with Crippen molar-refractivity contribution in [1.29, 1.82) is 0 Å². The number of amides is 1. The van der Waals surface area contributed by atoms with E-state index in [1.54, 1.807) is 25.1 Å². The lowest BCUT2D eigenvalue weighted by molar-refractivity contribution is -0.384. The third-order valence-electron chi connectivity index (χ3n) is 3.62. The van der Waals surface area contributed by atoms with Gasteiger partial charge < -0.3 is 15.8 Å². The standard InChI is InChI=1S/C17H15Cl2N3O5/c1-9(10-2-5-13(18)14(19)6-10)21-16(23)8-27-17(24)12-4-3-11(22(25)26)7-15(12)20/h2-7,9H,8,20H2,1H3,(H,21,23)/t9-/m1/s1. The minimum absolute atomic E-state index is 0.0640. The maximum Gasteiger partial charge on any atom is 0.340 e. The molecule has 3 N–H and O–H groups in total. The van der Waals surface area contributed by atoms with Gasteiger partial charge in [-0.3, -0.25) is 14.9 Å². The number of nitro benzene ring substituents is 1. The molecule has 0 saturated heterocycles. The van der Waals surface area contributed by atoms with Crippen LogP contribution < -0.4 is 11.1 Å². The molecule has 0 saturated carbocycles. The molecule has 2 rings (SSSR count). The monoisotopic (exact) mass is 411 g/mol. The van der Waals surface area contributed by atoms with Crippen LogP contribution in [0.2, 0.25) is 10.0 Å². The summed E-state index contributed by atoms with van der Waals surface area (Å²) in [5.41, 5.74) is 5.92. The van der Waals surface area contributed by atoms with E-state index in [-0.39, 0.29) is 16.9 Å². The quantitative estimate of drug-likeness (QED) is 0.324. The van der Waals surface area contributed by atoms with Gasteiger partial charge in [0.15, 0.2) is 6.61 Å². The van der Waals surface area contributed by atoms with Crippen LogP contribution >= 0.6 is 23.2 Å². The van der Waals surface area contributed by atoms with Gasteiger partial charge in [-0.15, -0.1) is 0 Å². The van der Waals surface area contributed by atoms with Crippen molar-refractivity contribution in [2.24, 2.45) is 0 Å². The fraction of sp³-hybridized carbons (Fsp3) is 0.176. The Hall–Kier alpha value is -2.84. The Morgan fingerprint density at radius 2 is 1.93 bits per heavy atom. The number of rotatable bonds is 6. The van der Waals surface area contributed by atoms with Crippen molar-refractivity contribution >= 4 is 46.5 Å². The summed E-state index contributed by atoms with van der Waals surface area (Å²) in [5.74, 6) is -1.40. The third-order valence-corrected chi connectivity index (χ3v) is 4.36. The summed E-state index contributed by atoms with van der Waals surface area (Å²) in [6, 6.07) is 7.89. The van der Waals surface area contributed by atoms with Crippen LogP contribution in [-0.4, -0.2) is 23.4 Å². The van der Waals surface area contributed by atoms with Crippen molar-refractivity contribution in [3.63, 3.8) is 0 Å². The Morgan fingerprint density at radius 1 is 1.22 bits per heavy atom. The fourth-order valence-electron chi connectivity index (χ4n) is 2.21. The molecule has 0 aliphatic heterocycles. The molecule has 8 nitrogen and oxygen atoms in total. The van der Waals surface area contributed by atoms with Crippen LogP contribution in [0, 0.1) is 10.1 Å². The summed E-state index contributed by atoms with van der Waals surface area (Å²) in [6.45, 7) is 1.19. The molecule has 0 aliphatic carbocycles. The second-order valence-electron chi connectivity index (χ2n) is 5.57. The van der Waals surface area contributed by atoms with E-state index in [0.29, 0.717) is 10.0 Å². The molecule has 10 heteroatoms. The number of esters is 1. The van der Waals surface area contributed by atoms with Crippen LogP contribution in [0.5, 0.6) is 0 Å². The van der Waals surface area contributed by atoms with Crippen molar-refractivity contribution in [1.82, 2.24) is 5.32 Å². The lowest BCUT2D eigenvalue weighted by Crippen LogP contribution is -2.31. The highest BCUT2D eigenvalue weighted by Gasteiger charge is 2.17. The highest BCUT2D eigenvalue weighted by molar-refractivity contribution is 6.42. The smallest absolute Gasteiger partial charge is 0.340 e. The van der Waals surface area contributed by atoms with E-state index >= 15 is 0 Å². The van der Waals surface area contributed by atoms with Gasteiger partial charge in [0, 0.05) is 12.1 Å². The number of ether oxygens (including phenoxy) is 1. The number of halogens is 2. The predicted molar refractivity (Wildman–Crippen MR) is 101 cm³/mol. The highest BCUT2D eigenvalue weighted by Crippen LogP contribution is 2.25.